The van der Waals surface area contributed by atoms with E-state index in [4.69, 9.17) is 0 Å². The molecule has 70 heavy (non-hydrogen) atoms. The molecule has 3 aromatic heterocycles. The minimum Gasteiger partial charge on any atom is -0.309 e. The summed E-state index contributed by atoms with van der Waals surface area (Å²) in [5, 5.41) is 12.8. The van der Waals surface area contributed by atoms with E-state index in [0.29, 0.717) is 0 Å². The van der Waals surface area contributed by atoms with E-state index in [9.17, 15) is 0 Å². The number of hydrogen-bond acceptors (Lipinski definition) is 0. The molecule has 0 spiro atoms. The number of aromatic nitrogens is 3. The van der Waals surface area contributed by atoms with Crippen molar-refractivity contribution < 1.29 is 0 Å². The molecule has 0 unspecified atom stereocenters. The molecule has 4 heteroatoms. The lowest BCUT2D eigenvalue weighted by Crippen LogP contribution is -2.74. The van der Waals surface area contributed by atoms with Gasteiger partial charge >= 0.3 is 0 Å². The van der Waals surface area contributed by atoms with Crippen LogP contribution < -0.4 is 20.7 Å². The van der Waals surface area contributed by atoms with Gasteiger partial charge in [-0.1, -0.05) is 212 Å². The Morgan fingerprint density at radius 2 is 0.543 bits per heavy atom. The molecular formula is C66H45N3Si. The molecule has 0 aliphatic carbocycles. The standard InChI is InChI=1S/C66H45N3Si/c1-5-21-46(22-6-1)47-41-49(68-63-35-19-15-31-57(63)59-39-37-48(44-65(59)68)67-61-33-17-13-29-55(61)56-30-14-18-34-62(56)67)43-50(42-47)69-64-36-20-16-32-58(64)60-40-38-54(45-66(60)69)70(51-23-7-2-8-24-51,52-25-9-3-10-26-52)53-27-11-4-12-28-53/h1-45H. The summed E-state index contributed by atoms with van der Waals surface area (Å²) in [6.45, 7) is 0. The van der Waals surface area contributed by atoms with Gasteiger partial charge in [-0.25, -0.2) is 0 Å². The van der Waals surface area contributed by atoms with Crippen LogP contribution in [0.25, 0.3) is 93.6 Å². The fourth-order valence-electron chi connectivity index (χ4n) is 11.8. The molecule has 0 atom stereocenters. The van der Waals surface area contributed by atoms with Crippen LogP contribution in [0.1, 0.15) is 0 Å². The second kappa shape index (κ2) is 16.1. The summed E-state index contributed by atoms with van der Waals surface area (Å²) >= 11 is 0. The van der Waals surface area contributed by atoms with E-state index in [1.807, 2.05) is 0 Å². The van der Waals surface area contributed by atoms with Crippen molar-refractivity contribution in [3.63, 3.8) is 0 Å². The quantitative estimate of drug-likeness (QED) is 0.107. The minimum absolute atomic E-state index is 1.10. The first kappa shape index (κ1) is 40.1. The van der Waals surface area contributed by atoms with Crippen molar-refractivity contribution >= 4 is 94.2 Å². The lowest BCUT2D eigenvalue weighted by molar-refractivity contribution is 1.13. The Bertz CT molecular complexity index is 4130. The highest BCUT2D eigenvalue weighted by Crippen LogP contribution is 2.40. The van der Waals surface area contributed by atoms with Gasteiger partial charge in [-0.3, -0.25) is 0 Å². The van der Waals surface area contributed by atoms with Crippen molar-refractivity contribution in [2.24, 2.45) is 0 Å². The number of rotatable bonds is 8. The topological polar surface area (TPSA) is 14.8 Å². The summed E-state index contributed by atoms with van der Waals surface area (Å²) in [7, 11) is -2.85. The first-order valence-electron chi connectivity index (χ1n) is 24.2. The van der Waals surface area contributed by atoms with Gasteiger partial charge in [-0.15, -0.1) is 0 Å². The van der Waals surface area contributed by atoms with E-state index >= 15 is 0 Å². The van der Waals surface area contributed by atoms with Crippen LogP contribution in [0.3, 0.4) is 0 Å². The van der Waals surface area contributed by atoms with Crippen LogP contribution in [0.15, 0.2) is 273 Å². The third kappa shape index (κ3) is 6.07. The van der Waals surface area contributed by atoms with Crippen molar-refractivity contribution in [1.82, 2.24) is 13.7 Å². The van der Waals surface area contributed by atoms with Gasteiger partial charge in [-0.2, -0.15) is 0 Å². The zero-order valence-corrected chi connectivity index (χ0v) is 39.3. The molecular weight excluding hydrogens is 863 g/mol. The molecule has 0 N–H and O–H groups in total. The lowest BCUT2D eigenvalue weighted by Gasteiger charge is -2.34. The van der Waals surface area contributed by atoms with Crippen molar-refractivity contribution in [2.75, 3.05) is 0 Å². The van der Waals surface area contributed by atoms with Gasteiger partial charge in [0.25, 0.3) is 0 Å². The monoisotopic (exact) mass is 907 g/mol. The van der Waals surface area contributed by atoms with E-state index < -0.39 is 8.07 Å². The van der Waals surface area contributed by atoms with Gasteiger partial charge in [0.2, 0.25) is 0 Å². The maximum atomic E-state index is 2.53. The SMILES string of the molecule is c1ccc(-c2cc(-n3c4ccccc4c4ccc(-n5c6ccccc6c6ccccc65)cc43)cc(-n3c4ccccc4c4ccc([Si](c5ccccc5)(c5ccccc5)c5ccccc5)cc43)c2)cc1. The highest BCUT2D eigenvalue weighted by atomic mass is 28.3. The predicted molar refractivity (Wildman–Crippen MR) is 299 cm³/mol. The Hall–Kier alpha value is -8.96. The van der Waals surface area contributed by atoms with Gasteiger partial charge < -0.3 is 13.7 Å². The second-order valence-corrected chi connectivity index (χ2v) is 22.3. The van der Waals surface area contributed by atoms with Crippen LogP contribution in [0.4, 0.5) is 0 Å². The molecule has 0 amide bonds. The maximum absolute atomic E-state index is 2.85. The molecule has 3 heterocycles. The van der Waals surface area contributed by atoms with Crippen molar-refractivity contribution in [1.29, 1.82) is 0 Å². The summed E-state index contributed by atoms with van der Waals surface area (Å²) in [6, 6.07) is 102. The molecule has 0 saturated heterocycles. The Labute approximate surface area is 407 Å². The molecule has 0 aliphatic heterocycles. The Balaban J connectivity index is 1.07. The summed E-state index contributed by atoms with van der Waals surface area (Å²) in [4.78, 5) is 0. The predicted octanol–water partition coefficient (Wildman–Crippen LogP) is 14.0. The maximum Gasteiger partial charge on any atom is 0.179 e. The third-order valence-electron chi connectivity index (χ3n) is 14.7. The van der Waals surface area contributed by atoms with Crippen molar-refractivity contribution in [3.05, 3.63) is 273 Å². The van der Waals surface area contributed by atoms with E-state index in [-0.39, 0.29) is 0 Å². The van der Waals surface area contributed by atoms with E-state index in [0.717, 1.165) is 28.1 Å². The molecule has 0 aliphatic rings. The number of fused-ring (bicyclic) bond motifs is 9. The molecule has 0 fully saturated rings. The molecule has 11 aromatic carbocycles. The Morgan fingerprint density at radius 3 is 0.986 bits per heavy atom. The van der Waals surface area contributed by atoms with Gasteiger partial charge in [0.05, 0.1) is 33.1 Å². The van der Waals surface area contributed by atoms with Crippen LogP contribution in [-0.4, -0.2) is 21.8 Å². The number of benzene rings is 11. The Morgan fingerprint density at radius 1 is 0.200 bits per heavy atom. The summed E-state index contributed by atoms with van der Waals surface area (Å²) in [6.07, 6.45) is 0. The molecule has 0 radical (unpaired) electrons. The van der Waals surface area contributed by atoms with Crippen LogP contribution >= 0.6 is 0 Å². The zero-order valence-electron chi connectivity index (χ0n) is 38.3. The molecule has 14 rings (SSSR count). The molecule has 3 nitrogen and oxygen atoms in total. The van der Waals surface area contributed by atoms with Crippen molar-refractivity contribution in [2.45, 2.75) is 0 Å². The Kier molecular flexibility index (Phi) is 9.23. The molecule has 328 valence electrons. The molecule has 14 aromatic rings. The molecule has 0 saturated carbocycles. The smallest absolute Gasteiger partial charge is 0.179 e. The van der Waals surface area contributed by atoms with E-state index in [1.165, 1.54) is 86.2 Å². The summed E-state index contributed by atoms with van der Waals surface area (Å²) in [5.74, 6) is 0. The van der Waals surface area contributed by atoms with Gasteiger partial charge in [0.15, 0.2) is 8.07 Å². The first-order chi connectivity index (χ1) is 34.7. The van der Waals surface area contributed by atoms with E-state index in [2.05, 4.69) is 287 Å². The zero-order chi connectivity index (χ0) is 46.2. The number of nitrogens with zero attached hydrogens (tertiary/aromatic N) is 3. The third-order valence-corrected chi connectivity index (χ3v) is 19.5. The van der Waals surface area contributed by atoms with Gasteiger partial charge in [0, 0.05) is 49.4 Å². The average Bonchev–Trinajstić information content (AvgIpc) is 4.07. The average molecular weight is 908 g/mol. The largest absolute Gasteiger partial charge is 0.309 e. The fourth-order valence-corrected chi connectivity index (χ4v) is 16.5. The van der Waals surface area contributed by atoms with Crippen LogP contribution in [0.2, 0.25) is 0 Å². The lowest BCUT2D eigenvalue weighted by atomic mass is 10.0. The van der Waals surface area contributed by atoms with Crippen LogP contribution in [0, 0.1) is 0 Å². The minimum atomic E-state index is -2.85. The fraction of sp³-hybridized carbons (Fsp3) is 0. The summed E-state index contributed by atoms with van der Waals surface area (Å²) < 4.78 is 7.45. The molecule has 0 bridgehead atoms. The highest BCUT2D eigenvalue weighted by molar-refractivity contribution is 7.20. The first-order valence-corrected chi connectivity index (χ1v) is 26.2. The van der Waals surface area contributed by atoms with Crippen molar-refractivity contribution in [3.8, 4) is 28.2 Å². The summed E-state index contributed by atoms with van der Waals surface area (Å²) in [5.41, 5.74) is 12.7. The number of para-hydroxylation sites is 4. The number of hydrogen-bond donors (Lipinski definition) is 0. The van der Waals surface area contributed by atoms with Gasteiger partial charge in [-0.05, 0) is 92.5 Å². The normalized spacial score (nSPS) is 12.0. The second-order valence-electron chi connectivity index (χ2n) is 18.5. The highest BCUT2D eigenvalue weighted by Gasteiger charge is 2.41. The van der Waals surface area contributed by atoms with Crippen LogP contribution in [0.5, 0.6) is 0 Å². The van der Waals surface area contributed by atoms with E-state index in [1.54, 1.807) is 0 Å². The van der Waals surface area contributed by atoms with Gasteiger partial charge in [0.1, 0.15) is 0 Å². The van der Waals surface area contributed by atoms with Crippen LogP contribution in [-0.2, 0) is 0 Å².